The molecule has 0 aliphatic carbocycles. The topological polar surface area (TPSA) is 27.7 Å². The fourth-order valence-electron chi connectivity index (χ4n) is 4.22. The van der Waals surface area contributed by atoms with Crippen molar-refractivity contribution in [3.63, 3.8) is 0 Å². The lowest BCUT2D eigenvalue weighted by Gasteiger charge is -2.53. The summed E-state index contributed by atoms with van der Waals surface area (Å²) in [7, 11) is 1.86. The molecule has 21 heavy (non-hydrogen) atoms. The minimum atomic E-state index is 0.286. The molecule has 114 valence electrons. The van der Waals surface area contributed by atoms with Gasteiger partial charge in [0.2, 0.25) is 0 Å². The zero-order valence-electron chi connectivity index (χ0n) is 12.8. The Balaban J connectivity index is 1.63. The Labute approximate surface area is 131 Å². The quantitative estimate of drug-likeness (QED) is 0.806. The van der Waals surface area contributed by atoms with Gasteiger partial charge in [0.25, 0.3) is 0 Å². The van der Waals surface area contributed by atoms with Gasteiger partial charge in [-0.05, 0) is 35.9 Å². The Morgan fingerprint density at radius 2 is 2.10 bits per heavy atom. The van der Waals surface area contributed by atoms with Gasteiger partial charge in [-0.15, -0.1) is 0 Å². The Hall–Kier alpha value is -0.910. The number of anilines is 2. The van der Waals surface area contributed by atoms with Crippen molar-refractivity contribution in [1.82, 2.24) is 4.90 Å². The van der Waals surface area contributed by atoms with E-state index in [0.717, 1.165) is 12.3 Å². The highest BCUT2D eigenvalue weighted by Gasteiger charge is 2.48. The van der Waals surface area contributed by atoms with Crippen LogP contribution in [0.5, 0.6) is 0 Å². The van der Waals surface area contributed by atoms with E-state index in [2.05, 4.69) is 52.6 Å². The number of benzene rings is 1. The van der Waals surface area contributed by atoms with Crippen LogP contribution < -0.4 is 9.62 Å². The van der Waals surface area contributed by atoms with Crippen LogP contribution >= 0.6 is 11.9 Å². The number of hydrogen-bond acceptors (Lipinski definition) is 5. The zero-order chi connectivity index (χ0) is 14.6. The number of rotatable bonds is 1. The number of piperidine rings is 1. The minimum Gasteiger partial charge on any atom is -0.381 e. The standard InChI is InChI=1S/C16H23N3OS/c1-10-8-18-14(11(2)15(10)20-3)9-21-19-13-7-5-4-6-12(13)17-16(18)19/h4-7,10-11,14-17H,8-9H2,1-3H3/t10?,11?,14-,15-,16+/m1/s1. The van der Waals surface area contributed by atoms with Crippen LogP contribution in [0.2, 0.25) is 0 Å². The summed E-state index contributed by atoms with van der Waals surface area (Å²) in [6, 6.07) is 9.20. The third-order valence-electron chi connectivity index (χ3n) is 5.23. The van der Waals surface area contributed by atoms with Crippen molar-refractivity contribution in [3.8, 4) is 0 Å². The van der Waals surface area contributed by atoms with Crippen molar-refractivity contribution in [2.75, 3.05) is 29.0 Å². The van der Waals surface area contributed by atoms with Gasteiger partial charge >= 0.3 is 0 Å². The van der Waals surface area contributed by atoms with Gasteiger partial charge in [-0.2, -0.15) is 0 Å². The molecule has 3 aliphatic rings. The van der Waals surface area contributed by atoms with Crippen LogP contribution in [0, 0.1) is 11.8 Å². The van der Waals surface area contributed by atoms with Crippen LogP contribution in [0.3, 0.4) is 0 Å². The molecule has 3 heterocycles. The molecule has 4 rings (SSSR count). The molecule has 1 aromatic carbocycles. The molecule has 0 radical (unpaired) electrons. The maximum Gasteiger partial charge on any atom is 0.168 e. The monoisotopic (exact) mass is 305 g/mol. The predicted octanol–water partition coefficient (Wildman–Crippen LogP) is 2.84. The molecule has 2 fully saturated rings. The van der Waals surface area contributed by atoms with E-state index in [1.807, 2.05) is 19.1 Å². The molecule has 0 saturated carbocycles. The maximum atomic E-state index is 5.77. The van der Waals surface area contributed by atoms with Crippen molar-refractivity contribution in [3.05, 3.63) is 24.3 Å². The maximum absolute atomic E-state index is 5.77. The van der Waals surface area contributed by atoms with Crippen LogP contribution in [0.25, 0.3) is 0 Å². The summed E-state index contributed by atoms with van der Waals surface area (Å²) in [5.41, 5.74) is 2.57. The Bertz CT molecular complexity index is 540. The second-order valence-electron chi connectivity index (χ2n) is 6.46. The van der Waals surface area contributed by atoms with Gasteiger partial charge in [-0.25, -0.2) is 0 Å². The van der Waals surface area contributed by atoms with Gasteiger partial charge in [0.05, 0.1) is 17.5 Å². The number of fused-ring (bicyclic) bond motifs is 5. The van der Waals surface area contributed by atoms with E-state index >= 15 is 0 Å². The second kappa shape index (κ2) is 5.07. The zero-order valence-corrected chi connectivity index (χ0v) is 13.6. The number of hydrogen-bond donors (Lipinski definition) is 1. The van der Waals surface area contributed by atoms with Crippen LogP contribution in [0.4, 0.5) is 11.4 Å². The van der Waals surface area contributed by atoms with Crippen molar-refractivity contribution in [1.29, 1.82) is 0 Å². The molecule has 0 aromatic heterocycles. The molecular formula is C16H23N3OS. The lowest BCUT2D eigenvalue weighted by molar-refractivity contribution is -0.0719. The van der Waals surface area contributed by atoms with Crippen molar-refractivity contribution < 1.29 is 4.74 Å². The molecule has 1 aromatic rings. The van der Waals surface area contributed by atoms with Crippen LogP contribution in [0.15, 0.2) is 24.3 Å². The molecule has 0 spiro atoms. The molecule has 5 atom stereocenters. The molecule has 5 heteroatoms. The normalized spacial score (nSPS) is 38.4. The first-order valence-electron chi connectivity index (χ1n) is 7.77. The van der Waals surface area contributed by atoms with Crippen LogP contribution in [-0.4, -0.2) is 42.7 Å². The summed E-state index contributed by atoms with van der Waals surface area (Å²) in [5, 5.41) is 3.70. The smallest absolute Gasteiger partial charge is 0.168 e. The fraction of sp³-hybridized carbons (Fsp3) is 0.625. The summed E-state index contributed by atoms with van der Waals surface area (Å²) in [6.45, 7) is 5.76. The number of ether oxygens (including phenoxy) is 1. The molecule has 0 bridgehead atoms. The number of methoxy groups -OCH3 is 1. The first-order valence-corrected chi connectivity index (χ1v) is 8.71. The second-order valence-corrected chi connectivity index (χ2v) is 7.44. The van der Waals surface area contributed by atoms with E-state index in [4.69, 9.17) is 4.74 Å². The van der Waals surface area contributed by atoms with E-state index in [1.54, 1.807) is 0 Å². The molecular weight excluding hydrogens is 282 g/mol. The third kappa shape index (κ3) is 1.98. The highest BCUT2D eigenvalue weighted by molar-refractivity contribution is 8.00. The molecule has 2 unspecified atom stereocenters. The summed E-state index contributed by atoms with van der Waals surface area (Å²) >= 11 is 1.95. The van der Waals surface area contributed by atoms with Crippen molar-refractivity contribution >= 4 is 23.3 Å². The summed E-state index contributed by atoms with van der Waals surface area (Å²) in [4.78, 5) is 2.64. The van der Waals surface area contributed by atoms with Crippen molar-refractivity contribution in [2.45, 2.75) is 32.3 Å². The summed E-state index contributed by atoms with van der Waals surface area (Å²) in [5.74, 6) is 2.27. The lowest BCUT2D eigenvalue weighted by Crippen LogP contribution is -2.65. The molecule has 0 amide bonds. The Kier molecular flexibility index (Phi) is 3.32. The van der Waals surface area contributed by atoms with Gasteiger partial charge in [0, 0.05) is 25.4 Å². The van der Waals surface area contributed by atoms with Gasteiger partial charge in [0.1, 0.15) is 0 Å². The third-order valence-corrected chi connectivity index (χ3v) is 6.39. The van der Waals surface area contributed by atoms with Gasteiger partial charge in [0.15, 0.2) is 6.29 Å². The number of nitrogens with zero attached hydrogens (tertiary/aromatic N) is 2. The Morgan fingerprint density at radius 3 is 2.90 bits per heavy atom. The van der Waals surface area contributed by atoms with Gasteiger partial charge in [-0.1, -0.05) is 26.0 Å². The average Bonchev–Trinajstić information content (AvgIpc) is 2.87. The largest absolute Gasteiger partial charge is 0.381 e. The van der Waals surface area contributed by atoms with E-state index in [1.165, 1.54) is 11.4 Å². The van der Waals surface area contributed by atoms with E-state index in [9.17, 15) is 0 Å². The van der Waals surface area contributed by atoms with Gasteiger partial charge in [-0.3, -0.25) is 9.21 Å². The van der Waals surface area contributed by atoms with Crippen LogP contribution in [-0.2, 0) is 4.74 Å². The van der Waals surface area contributed by atoms with Gasteiger partial charge < -0.3 is 10.1 Å². The summed E-state index contributed by atoms with van der Waals surface area (Å²) in [6.07, 6.45) is 0.663. The first-order chi connectivity index (χ1) is 10.2. The number of nitrogens with one attached hydrogen (secondary N) is 1. The van der Waals surface area contributed by atoms with E-state index in [-0.39, 0.29) is 6.29 Å². The highest BCUT2D eigenvalue weighted by Crippen LogP contribution is 2.46. The van der Waals surface area contributed by atoms with Crippen molar-refractivity contribution in [2.24, 2.45) is 11.8 Å². The average molecular weight is 305 g/mol. The predicted molar refractivity (Wildman–Crippen MR) is 88.4 cm³/mol. The number of para-hydroxylation sites is 2. The lowest BCUT2D eigenvalue weighted by atomic mass is 9.82. The fourth-order valence-corrected chi connectivity index (χ4v) is 5.64. The molecule has 1 N–H and O–H groups in total. The molecule has 4 nitrogen and oxygen atoms in total. The minimum absolute atomic E-state index is 0.286. The summed E-state index contributed by atoms with van der Waals surface area (Å²) < 4.78 is 8.21. The SMILES string of the molecule is CO[C@@H]1C(C)CN2[C@H](CSN3c4ccccc4N[C@H]32)C1C. The van der Waals surface area contributed by atoms with Crippen LogP contribution in [0.1, 0.15) is 13.8 Å². The molecule has 2 saturated heterocycles. The van der Waals surface area contributed by atoms with E-state index < -0.39 is 0 Å². The first kappa shape index (κ1) is 13.7. The highest BCUT2D eigenvalue weighted by atomic mass is 32.2. The Morgan fingerprint density at radius 1 is 1.29 bits per heavy atom. The van der Waals surface area contributed by atoms with E-state index in [0.29, 0.717) is 24.0 Å². The molecule has 3 aliphatic heterocycles.